The first-order valence-corrected chi connectivity index (χ1v) is 12.4. The van der Waals surface area contributed by atoms with Gasteiger partial charge in [-0.3, -0.25) is 14.7 Å². The van der Waals surface area contributed by atoms with E-state index in [2.05, 4.69) is 39.5 Å². The first kappa shape index (κ1) is 24.6. The molecule has 3 atom stereocenters. The minimum Gasteiger partial charge on any atom is -0.362 e. The van der Waals surface area contributed by atoms with Crippen LogP contribution in [0.15, 0.2) is 65.6 Å². The van der Waals surface area contributed by atoms with Gasteiger partial charge in [-0.05, 0) is 62.2 Å². The van der Waals surface area contributed by atoms with Crippen LogP contribution in [0.25, 0.3) is 15.9 Å². The largest absolute Gasteiger partial charge is 0.362 e. The molecule has 5 rings (SSSR count). The molecule has 0 spiro atoms. The van der Waals surface area contributed by atoms with Gasteiger partial charge in [0.1, 0.15) is 5.82 Å². The molecule has 1 aromatic carbocycles. The predicted molar refractivity (Wildman–Crippen MR) is 143 cm³/mol. The summed E-state index contributed by atoms with van der Waals surface area (Å²) in [6.07, 6.45) is 1.86. The van der Waals surface area contributed by atoms with Crippen LogP contribution in [0.2, 0.25) is 0 Å². The van der Waals surface area contributed by atoms with E-state index in [-0.39, 0.29) is 29.5 Å². The molecule has 3 aromatic heterocycles. The van der Waals surface area contributed by atoms with Gasteiger partial charge < -0.3 is 14.3 Å². The van der Waals surface area contributed by atoms with Gasteiger partial charge in [0.25, 0.3) is 11.4 Å². The second-order valence-corrected chi connectivity index (χ2v) is 9.84. The molecule has 1 fully saturated rings. The highest BCUT2D eigenvalue weighted by molar-refractivity contribution is 5.89. The quantitative estimate of drug-likeness (QED) is 0.372. The Bertz CT molecular complexity index is 1500. The molecule has 1 saturated heterocycles. The van der Waals surface area contributed by atoms with Crippen LogP contribution in [0.4, 0.5) is 15.9 Å². The van der Waals surface area contributed by atoms with Crippen LogP contribution in [0.3, 0.4) is 0 Å². The number of hydrogen-bond donors (Lipinski definition) is 0. The fourth-order valence-corrected chi connectivity index (χ4v) is 5.25. The Balaban J connectivity index is 1.55. The summed E-state index contributed by atoms with van der Waals surface area (Å²) in [5, 5.41) is 0. The van der Waals surface area contributed by atoms with Crippen LogP contribution < -0.4 is 10.5 Å². The molecule has 4 heterocycles. The molecule has 0 aliphatic carbocycles. The maximum atomic E-state index is 13.8. The number of benzene rings is 1. The summed E-state index contributed by atoms with van der Waals surface area (Å²) in [6, 6.07) is 15.8. The van der Waals surface area contributed by atoms with Gasteiger partial charge in [-0.2, -0.15) is 0 Å². The van der Waals surface area contributed by atoms with Crippen molar-refractivity contribution in [3.05, 3.63) is 105 Å². The fourth-order valence-electron chi connectivity index (χ4n) is 5.25. The maximum Gasteiger partial charge on any atom is 0.270 e. The van der Waals surface area contributed by atoms with Gasteiger partial charge in [-0.25, -0.2) is 4.39 Å². The summed E-state index contributed by atoms with van der Waals surface area (Å²) in [6.45, 7) is 15.0. The lowest BCUT2D eigenvalue weighted by Crippen LogP contribution is -2.57. The minimum absolute atomic E-state index is 0.0401. The number of hydrogen-bond acceptors (Lipinski definition) is 5. The number of nitrogens with zero attached hydrogens (tertiary/aromatic N) is 6. The molecular weight excluding hydrogens is 467 g/mol. The van der Waals surface area contributed by atoms with E-state index >= 15 is 0 Å². The summed E-state index contributed by atoms with van der Waals surface area (Å²) < 4.78 is 15.3. The van der Waals surface area contributed by atoms with Crippen molar-refractivity contribution in [3.63, 3.8) is 0 Å². The fraction of sp³-hybridized carbons (Fsp3) is 0.310. The zero-order valence-corrected chi connectivity index (χ0v) is 21.4. The van der Waals surface area contributed by atoms with Crippen molar-refractivity contribution in [1.29, 1.82) is 0 Å². The Morgan fingerprint density at radius 2 is 1.81 bits per heavy atom. The lowest BCUT2D eigenvalue weighted by atomic mass is 9.96. The summed E-state index contributed by atoms with van der Waals surface area (Å²) in [4.78, 5) is 30.3. The van der Waals surface area contributed by atoms with Crippen molar-refractivity contribution in [2.45, 2.75) is 38.9 Å². The molecule has 188 valence electrons. The van der Waals surface area contributed by atoms with Gasteiger partial charge in [-0.1, -0.05) is 24.8 Å². The molecule has 1 aliphatic heterocycles. The van der Waals surface area contributed by atoms with Crippen molar-refractivity contribution >= 4 is 22.5 Å². The van der Waals surface area contributed by atoms with Gasteiger partial charge in [0.05, 0.1) is 22.9 Å². The zero-order chi connectivity index (χ0) is 26.3. The SMILES string of the molecule is [C-]#[N+]c1ccc2c(n1)c(N1C[C@@H](C)N(C(c3ccc(F)cc3)c3ccc(C)cn3)C[C@@H]1C)cc(=O)n2C. The number of pyridine rings is 3. The highest BCUT2D eigenvalue weighted by atomic mass is 19.1. The molecule has 0 N–H and O–H groups in total. The average Bonchev–Trinajstić information content (AvgIpc) is 2.90. The number of halogens is 1. The molecule has 1 unspecified atom stereocenters. The molecule has 8 heteroatoms. The van der Waals surface area contributed by atoms with Gasteiger partial charge >= 0.3 is 0 Å². The average molecular weight is 497 g/mol. The van der Waals surface area contributed by atoms with Gasteiger partial charge in [0.2, 0.25) is 5.52 Å². The molecule has 4 aromatic rings. The highest BCUT2D eigenvalue weighted by Crippen LogP contribution is 2.35. The third-order valence-corrected chi connectivity index (χ3v) is 7.24. The standard InChI is InChI=1S/C29H29FN6O/c1-18-6-11-23(32-15-18)29(21-7-9-22(30)10-8-21)36-17-19(2)35(16-20(36)3)25-14-27(37)34(5)24-12-13-26(31-4)33-28(24)25/h6-15,19-20,29H,16-17H2,1-3,5H3/t19-,20+,29?/m0/s1. The maximum absolute atomic E-state index is 13.8. The number of rotatable bonds is 4. The van der Waals surface area contributed by atoms with Crippen LogP contribution in [-0.2, 0) is 7.05 Å². The predicted octanol–water partition coefficient (Wildman–Crippen LogP) is 5.02. The van der Waals surface area contributed by atoms with Crippen LogP contribution in [0, 0.1) is 19.3 Å². The molecule has 0 amide bonds. The third kappa shape index (κ3) is 4.58. The topological polar surface area (TPSA) is 58.6 Å². The van der Waals surface area contributed by atoms with E-state index in [4.69, 9.17) is 11.6 Å². The first-order valence-electron chi connectivity index (χ1n) is 12.4. The minimum atomic E-state index is -0.269. The summed E-state index contributed by atoms with van der Waals surface area (Å²) in [7, 11) is 1.72. The van der Waals surface area contributed by atoms with Crippen LogP contribution in [-0.4, -0.2) is 44.6 Å². The molecule has 37 heavy (non-hydrogen) atoms. The second-order valence-electron chi connectivity index (χ2n) is 9.84. The molecule has 0 radical (unpaired) electrons. The number of anilines is 1. The Morgan fingerprint density at radius 3 is 2.49 bits per heavy atom. The van der Waals surface area contributed by atoms with E-state index in [1.807, 2.05) is 31.3 Å². The molecule has 0 bridgehead atoms. The molecule has 1 aliphatic rings. The van der Waals surface area contributed by atoms with Crippen LogP contribution in [0.1, 0.15) is 36.7 Å². The van der Waals surface area contributed by atoms with E-state index in [0.29, 0.717) is 29.9 Å². The monoisotopic (exact) mass is 496 g/mol. The van der Waals surface area contributed by atoms with E-state index < -0.39 is 0 Å². The lowest BCUT2D eigenvalue weighted by molar-refractivity contribution is 0.128. The zero-order valence-electron chi connectivity index (χ0n) is 21.4. The van der Waals surface area contributed by atoms with Gasteiger partial charge in [-0.15, -0.1) is 4.98 Å². The Kier molecular flexibility index (Phi) is 6.48. The van der Waals surface area contributed by atoms with Crippen molar-refractivity contribution < 1.29 is 4.39 Å². The molecule has 0 saturated carbocycles. The van der Waals surface area contributed by atoms with Gasteiger partial charge in [0.15, 0.2) is 0 Å². The first-order chi connectivity index (χ1) is 17.8. The van der Waals surface area contributed by atoms with Crippen molar-refractivity contribution in [2.24, 2.45) is 7.05 Å². The van der Waals surface area contributed by atoms with Crippen molar-refractivity contribution in [3.8, 4) is 0 Å². The molecular formula is C29H29FN6O. The van der Waals surface area contributed by atoms with E-state index in [9.17, 15) is 9.18 Å². The van der Waals surface area contributed by atoms with Gasteiger partial charge in [0, 0.05) is 44.5 Å². The number of aryl methyl sites for hydroxylation is 2. The smallest absolute Gasteiger partial charge is 0.270 e. The Labute approximate surface area is 215 Å². The number of aromatic nitrogens is 3. The lowest BCUT2D eigenvalue weighted by Gasteiger charge is -2.48. The third-order valence-electron chi connectivity index (χ3n) is 7.24. The van der Waals surface area contributed by atoms with E-state index in [1.165, 1.54) is 12.1 Å². The van der Waals surface area contributed by atoms with Crippen molar-refractivity contribution in [2.75, 3.05) is 18.0 Å². The molecule has 7 nitrogen and oxygen atoms in total. The second kappa shape index (κ2) is 9.75. The van der Waals surface area contributed by atoms with E-state index in [1.54, 1.807) is 29.8 Å². The Morgan fingerprint density at radius 1 is 1.05 bits per heavy atom. The number of piperazine rings is 1. The van der Waals surface area contributed by atoms with Crippen LogP contribution in [0.5, 0.6) is 0 Å². The van der Waals surface area contributed by atoms with E-state index in [0.717, 1.165) is 22.5 Å². The summed E-state index contributed by atoms with van der Waals surface area (Å²) in [5.74, 6) is 0.0305. The number of fused-ring (bicyclic) bond motifs is 1. The van der Waals surface area contributed by atoms with Crippen LogP contribution >= 0.6 is 0 Å². The Hall–Kier alpha value is -4.09. The highest BCUT2D eigenvalue weighted by Gasteiger charge is 2.36. The normalized spacial score (nSPS) is 19.1. The summed E-state index contributed by atoms with van der Waals surface area (Å²) in [5.41, 5.74) is 4.95. The van der Waals surface area contributed by atoms with Crippen molar-refractivity contribution in [1.82, 2.24) is 19.4 Å². The summed E-state index contributed by atoms with van der Waals surface area (Å²) >= 11 is 0.